The van der Waals surface area contributed by atoms with Gasteiger partial charge in [-0.3, -0.25) is 0 Å². The van der Waals surface area contributed by atoms with Gasteiger partial charge in [0.2, 0.25) is 0 Å². The van der Waals surface area contributed by atoms with E-state index in [9.17, 15) is 8.78 Å². The van der Waals surface area contributed by atoms with Crippen molar-refractivity contribution >= 4 is 15.9 Å². The molecule has 0 bridgehead atoms. The van der Waals surface area contributed by atoms with Gasteiger partial charge in [-0.05, 0) is 52.7 Å². The van der Waals surface area contributed by atoms with Crippen LogP contribution in [-0.2, 0) is 0 Å². The van der Waals surface area contributed by atoms with Crippen LogP contribution in [0.2, 0.25) is 0 Å². The lowest BCUT2D eigenvalue weighted by atomic mass is 10.1. The quantitative estimate of drug-likeness (QED) is 0.898. The molecule has 0 saturated heterocycles. The first-order valence-electron chi connectivity index (χ1n) is 5.65. The van der Waals surface area contributed by atoms with Gasteiger partial charge in [-0.1, -0.05) is 6.07 Å². The maximum absolute atomic E-state index is 13.5. The lowest BCUT2D eigenvalue weighted by Gasteiger charge is -2.11. The Morgan fingerprint density at radius 1 is 1.11 bits per heavy atom. The molecule has 19 heavy (non-hydrogen) atoms. The molecule has 100 valence electrons. The van der Waals surface area contributed by atoms with E-state index in [-0.39, 0.29) is 11.8 Å². The molecule has 0 saturated carbocycles. The highest BCUT2D eigenvalue weighted by molar-refractivity contribution is 9.10. The van der Waals surface area contributed by atoms with E-state index >= 15 is 0 Å². The summed E-state index contributed by atoms with van der Waals surface area (Å²) in [7, 11) is 0. The summed E-state index contributed by atoms with van der Waals surface area (Å²) < 4.78 is 32.5. The summed E-state index contributed by atoms with van der Waals surface area (Å²) in [5.74, 6) is -0.938. The minimum Gasteiger partial charge on any atom is -0.453 e. The van der Waals surface area contributed by atoms with E-state index in [0.29, 0.717) is 10.2 Å². The van der Waals surface area contributed by atoms with Gasteiger partial charge in [0.05, 0.1) is 4.47 Å². The van der Waals surface area contributed by atoms with E-state index in [4.69, 9.17) is 10.5 Å². The number of ether oxygens (including phenoxy) is 1. The zero-order valence-corrected chi connectivity index (χ0v) is 11.7. The van der Waals surface area contributed by atoms with Crippen molar-refractivity contribution in [3.8, 4) is 11.5 Å². The molecule has 0 spiro atoms. The molecule has 2 nitrogen and oxygen atoms in total. The number of benzene rings is 2. The second kappa shape index (κ2) is 5.67. The molecule has 0 amide bonds. The van der Waals surface area contributed by atoms with Crippen molar-refractivity contribution in [1.82, 2.24) is 0 Å². The minimum absolute atomic E-state index is 0.115. The lowest BCUT2D eigenvalue weighted by molar-refractivity contribution is 0.434. The molecule has 2 aromatic rings. The van der Waals surface area contributed by atoms with Crippen LogP contribution in [0.4, 0.5) is 8.78 Å². The van der Waals surface area contributed by atoms with Crippen molar-refractivity contribution in [2.45, 2.75) is 13.0 Å². The Labute approximate surface area is 118 Å². The molecule has 1 atom stereocenters. The molecule has 0 aromatic heterocycles. The molecule has 2 rings (SSSR count). The van der Waals surface area contributed by atoms with E-state index < -0.39 is 11.6 Å². The predicted octanol–water partition coefficient (Wildman–Crippen LogP) is 4.54. The van der Waals surface area contributed by atoms with Gasteiger partial charge in [0.1, 0.15) is 11.6 Å². The van der Waals surface area contributed by atoms with Crippen LogP contribution in [0.5, 0.6) is 11.5 Å². The summed E-state index contributed by atoms with van der Waals surface area (Å²) in [6.45, 7) is 1.86. The van der Waals surface area contributed by atoms with Gasteiger partial charge >= 0.3 is 0 Å². The average Bonchev–Trinajstić information content (AvgIpc) is 2.36. The number of hydrogen-bond donors (Lipinski definition) is 1. The monoisotopic (exact) mass is 327 g/mol. The highest BCUT2D eigenvalue weighted by Crippen LogP contribution is 2.33. The van der Waals surface area contributed by atoms with E-state index in [1.165, 1.54) is 0 Å². The van der Waals surface area contributed by atoms with Crippen LogP contribution >= 0.6 is 15.9 Å². The van der Waals surface area contributed by atoms with Crippen molar-refractivity contribution in [3.05, 3.63) is 58.1 Å². The first kappa shape index (κ1) is 14.0. The van der Waals surface area contributed by atoms with Gasteiger partial charge < -0.3 is 10.5 Å². The normalized spacial score (nSPS) is 12.3. The van der Waals surface area contributed by atoms with Crippen molar-refractivity contribution in [2.24, 2.45) is 5.73 Å². The SMILES string of the molecule is CC(N)c1ccc(Oc2cc(F)ccc2F)c(Br)c1. The second-order valence-electron chi connectivity index (χ2n) is 4.16. The van der Waals surface area contributed by atoms with Gasteiger partial charge in [0.15, 0.2) is 11.6 Å². The van der Waals surface area contributed by atoms with Crippen LogP contribution in [0.15, 0.2) is 40.9 Å². The van der Waals surface area contributed by atoms with Crippen molar-refractivity contribution in [3.63, 3.8) is 0 Å². The molecule has 2 N–H and O–H groups in total. The molecule has 0 radical (unpaired) electrons. The standard InChI is InChI=1S/C14H12BrF2NO/c1-8(18)9-2-5-13(11(15)6-9)19-14-7-10(16)3-4-12(14)17/h2-8H,18H2,1H3. The largest absolute Gasteiger partial charge is 0.453 e. The summed E-state index contributed by atoms with van der Waals surface area (Å²) in [6, 6.07) is 8.18. The molecule has 1 unspecified atom stereocenters. The average molecular weight is 328 g/mol. The third-order valence-corrected chi connectivity index (χ3v) is 3.21. The Balaban J connectivity index is 2.31. The lowest BCUT2D eigenvalue weighted by Crippen LogP contribution is -2.04. The first-order chi connectivity index (χ1) is 8.97. The fourth-order valence-electron chi connectivity index (χ4n) is 1.56. The molecule has 2 aromatic carbocycles. The van der Waals surface area contributed by atoms with Gasteiger partial charge in [0.25, 0.3) is 0 Å². The van der Waals surface area contributed by atoms with Gasteiger partial charge in [-0.15, -0.1) is 0 Å². The Morgan fingerprint density at radius 3 is 2.47 bits per heavy atom. The molecule has 5 heteroatoms. The molecule has 0 aliphatic carbocycles. The minimum atomic E-state index is -0.621. The van der Waals surface area contributed by atoms with Crippen molar-refractivity contribution in [1.29, 1.82) is 0 Å². The molecular weight excluding hydrogens is 316 g/mol. The van der Waals surface area contributed by atoms with E-state index in [0.717, 1.165) is 23.8 Å². The fraction of sp³-hybridized carbons (Fsp3) is 0.143. The molecular formula is C14H12BrF2NO. The summed E-state index contributed by atoms with van der Waals surface area (Å²) >= 11 is 3.32. The van der Waals surface area contributed by atoms with E-state index in [2.05, 4.69) is 15.9 Å². The highest BCUT2D eigenvalue weighted by atomic mass is 79.9. The molecule has 0 heterocycles. The maximum atomic E-state index is 13.5. The maximum Gasteiger partial charge on any atom is 0.166 e. The molecule has 0 fully saturated rings. The number of rotatable bonds is 3. The van der Waals surface area contributed by atoms with Gasteiger partial charge in [-0.25, -0.2) is 8.78 Å². The highest BCUT2D eigenvalue weighted by Gasteiger charge is 2.10. The van der Waals surface area contributed by atoms with Gasteiger partial charge in [0, 0.05) is 12.1 Å². The van der Waals surface area contributed by atoms with Crippen molar-refractivity contribution < 1.29 is 13.5 Å². The molecule has 0 aliphatic heterocycles. The van der Waals surface area contributed by atoms with Crippen LogP contribution in [-0.4, -0.2) is 0 Å². The Bertz CT molecular complexity index is 602. The zero-order chi connectivity index (χ0) is 14.0. The zero-order valence-electron chi connectivity index (χ0n) is 10.2. The summed E-state index contributed by atoms with van der Waals surface area (Å²) in [6.07, 6.45) is 0. The van der Waals surface area contributed by atoms with Crippen molar-refractivity contribution in [2.75, 3.05) is 0 Å². The summed E-state index contributed by atoms with van der Waals surface area (Å²) in [4.78, 5) is 0. The van der Waals surface area contributed by atoms with Crippen LogP contribution in [0.3, 0.4) is 0 Å². The number of nitrogens with two attached hydrogens (primary N) is 1. The Kier molecular flexibility index (Phi) is 4.17. The summed E-state index contributed by atoms with van der Waals surface area (Å²) in [5.41, 5.74) is 6.67. The predicted molar refractivity (Wildman–Crippen MR) is 73.2 cm³/mol. The van der Waals surface area contributed by atoms with E-state index in [1.54, 1.807) is 18.2 Å². The fourth-order valence-corrected chi connectivity index (χ4v) is 2.03. The van der Waals surface area contributed by atoms with E-state index in [1.807, 2.05) is 6.92 Å². The number of halogens is 3. The smallest absolute Gasteiger partial charge is 0.166 e. The third-order valence-electron chi connectivity index (χ3n) is 2.59. The van der Waals surface area contributed by atoms with Crippen LogP contribution in [0.1, 0.15) is 18.5 Å². The van der Waals surface area contributed by atoms with Crippen LogP contribution in [0, 0.1) is 11.6 Å². The molecule has 0 aliphatic rings. The third kappa shape index (κ3) is 3.30. The van der Waals surface area contributed by atoms with Crippen LogP contribution < -0.4 is 10.5 Å². The first-order valence-corrected chi connectivity index (χ1v) is 6.44. The topological polar surface area (TPSA) is 35.2 Å². The summed E-state index contributed by atoms with van der Waals surface area (Å²) in [5, 5.41) is 0. The second-order valence-corrected chi connectivity index (χ2v) is 5.01. The van der Waals surface area contributed by atoms with Gasteiger partial charge in [-0.2, -0.15) is 0 Å². The Morgan fingerprint density at radius 2 is 1.84 bits per heavy atom. The van der Waals surface area contributed by atoms with Crippen LogP contribution in [0.25, 0.3) is 0 Å². The Hall–Kier alpha value is -1.46. The number of hydrogen-bond acceptors (Lipinski definition) is 2.